The lowest BCUT2D eigenvalue weighted by molar-refractivity contribution is -0.121. The fourth-order valence-electron chi connectivity index (χ4n) is 3.38. The Kier molecular flexibility index (Phi) is 5.65. The second-order valence-corrected chi connectivity index (χ2v) is 7.06. The molecule has 7 heteroatoms. The van der Waals surface area contributed by atoms with Crippen molar-refractivity contribution in [1.29, 1.82) is 0 Å². The van der Waals surface area contributed by atoms with Crippen LogP contribution in [0.4, 0.5) is 0 Å². The van der Waals surface area contributed by atoms with Gasteiger partial charge in [0.15, 0.2) is 0 Å². The molecule has 2 N–H and O–H groups in total. The predicted molar refractivity (Wildman–Crippen MR) is 113 cm³/mol. The van der Waals surface area contributed by atoms with Crippen LogP contribution in [0.25, 0.3) is 21.8 Å². The van der Waals surface area contributed by atoms with E-state index in [-0.39, 0.29) is 18.0 Å². The summed E-state index contributed by atoms with van der Waals surface area (Å²) in [6, 6.07) is 15.2. The van der Waals surface area contributed by atoms with E-state index in [4.69, 9.17) is 0 Å². The van der Waals surface area contributed by atoms with Gasteiger partial charge in [-0.2, -0.15) is 5.10 Å². The molecule has 1 amide bonds. The van der Waals surface area contributed by atoms with Gasteiger partial charge in [-0.15, -0.1) is 0 Å². The van der Waals surface area contributed by atoms with E-state index in [2.05, 4.69) is 20.4 Å². The number of H-pyrrole nitrogens is 1. The normalized spacial score (nSPS) is 11.2. The number of carbonyl (C=O) groups is 1. The van der Waals surface area contributed by atoms with Crippen molar-refractivity contribution in [3.63, 3.8) is 0 Å². The van der Waals surface area contributed by atoms with Gasteiger partial charge < -0.3 is 10.3 Å². The number of hydrogen-bond donors (Lipinski definition) is 2. The first-order valence-electron chi connectivity index (χ1n) is 9.86. The van der Waals surface area contributed by atoms with Crippen molar-refractivity contribution in [2.24, 2.45) is 0 Å². The van der Waals surface area contributed by atoms with E-state index in [9.17, 15) is 9.59 Å². The number of nitrogens with zero attached hydrogens (tertiary/aromatic N) is 3. The third-order valence-electron chi connectivity index (χ3n) is 4.91. The SMILES string of the molecule is O=C(Cn1ncc2ccccc2c1=O)NCCCCCc1nc2ccccc2[nH]1. The van der Waals surface area contributed by atoms with Crippen molar-refractivity contribution in [1.82, 2.24) is 25.1 Å². The lowest BCUT2D eigenvalue weighted by Crippen LogP contribution is -2.34. The van der Waals surface area contributed by atoms with Gasteiger partial charge in [0.05, 0.1) is 22.6 Å². The standard InChI is InChI=1S/C22H23N5O2/c28-21(15-27-22(29)17-9-4-3-8-16(17)14-24-27)23-13-7-1-2-12-20-25-18-10-5-6-11-19(18)26-20/h3-6,8-11,14H,1-2,7,12-13,15H2,(H,23,28)(H,25,26). The van der Waals surface area contributed by atoms with Crippen LogP contribution in [0.15, 0.2) is 59.5 Å². The molecule has 148 valence electrons. The molecule has 0 aliphatic heterocycles. The molecule has 0 aliphatic rings. The molecular weight excluding hydrogens is 366 g/mol. The van der Waals surface area contributed by atoms with Crippen LogP contribution in [0.2, 0.25) is 0 Å². The molecule has 2 aromatic heterocycles. The van der Waals surface area contributed by atoms with Crippen molar-refractivity contribution in [2.75, 3.05) is 6.54 Å². The minimum Gasteiger partial charge on any atom is -0.354 e. The zero-order chi connectivity index (χ0) is 20.1. The van der Waals surface area contributed by atoms with Gasteiger partial charge >= 0.3 is 0 Å². The molecule has 0 saturated carbocycles. The highest BCUT2D eigenvalue weighted by Crippen LogP contribution is 2.12. The zero-order valence-corrected chi connectivity index (χ0v) is 16.1. The second kappa shape index (κ2) is 8.68. The lowest BCUT2D eigenvalue weighted by atomic mass is 10.2. The van der Waals surface area contributed by atoms with Gasteiger partial charge in [-0.3, -0.25) is 9.59 Å². The molecule has 29 heavy (non-hydrogen) atoms. The number of aromatic nitrogens is 4. The molecule has 7 nitrogen and oxygen atoms in total. The Morgan fingerprint density at radius 3 is 2.76 bits per heavy atom. The van der Waals surface area contributed by atoms with Crippen LogP contribution in [0.3, 0.4) is 0 Å². The highest BCUT2D eigenvalue weighted by Gasteiger charge is 2.08. The van der Waals surface area contributed by atoms with Crippen molar-refractivity contribution >= 4 is 27.7 Å². The summed E-state index contributed by atoms with van der Waals surface area (Å²) in [5, 5.41) is 8.30. The second-order valence-electron chi connectivity index (χ2n) is 7.06. The molecule has 0 saturated heterocycles. The molecule has 0 bridgehead atoms. The van der Waals surface area contributed by atoms with Crippen LogP contribution in [0.5, 0.6) is 0 Å². The number of hydrogen-bond acceptors (Lipinski definition) is 4. The maximum Gasteiger partial charge on any atom is 0.275 e. The Hall–Kier alpha value is -3.48. The van der Waals surface area contributed by atoms with Crippen LogP contribution in [0, 0.1) is 0 Å². The average Bonchev–Trinajstić information content (AvgIpc) is 3.16. The number of aromatic amines is 1. The molecule has 0 fully saturated rings. The smallest absolute Gasteiger partial charge is 0.275 e. The van der Waals surface area contributed by atoms with Gasteiger partial charge in [-0.25, -0.2) is 9.67 Å². The number of benzene rings is 2. The number of nitrogens with one attached hydrogen (secondary N) is 2. The van der Waals surface area contributed by atoms with Crippen molar-refractivity contribution in [2.45, 2.75) is 32.2 Å². The van der Waals surface area contributed by atoms with Crippen LogP contribution in [-0.4, -0.2) is 32.2 Å². The van der Waals surface area contributed by atoms with Gasteiger partial charge in [-0.05, 0) is 31.0 Å². The third kappa shape index (κ3) is 4.51. The number of amides is 1. The number of para-hydroxylation sites is 2. The molecule has 0 aliphatic carbocycles. The number of unbranched alkanes of at least 4 members (excludes halogenated alkanes) is 2. The van der Waals surface area contributed by atoms with Gasteiger partial charge in [0, 0.05) is 18.4 Å². The summed E-state index contributed by atoms with van der Waals surface area (Å²) < 4.78 is 1.21. The predicted octanol–water partition coefficient (Wildman–Crippen LogP) is 2.80. The van der Waals surface area contributed by atoms with E-state index in [1.165, 1.54) is 4.68 Å². The van der Waals surface area contributed by atoms with E-state index in [0.717, 1.165) is 47.9 Å². The maximum absolute atomic E-state index is 12.4. The average molecular weight is 389 g/mol. The Morgan fingerprint density at radius 1 is 1.03 bits per heavy atom. The maximum atomic E-state index is 12.4. The zero-order valence-electron chi connectivity index (χ0n) is 16.1. The lowest BCUT2D eigenvalue weighted by Gasteiger charge is -2.07. The Bertz CT molecular complexity index is 1160. The van der Waals surface area contributed by atoms with Crippen LogP contribution in [0.1, 0.15) is 25.1 Å². The monoisotopic (exact) mass is 389 g/mol. The van der Waals surface area contributed by atoms with Gasteiger partial charge in [0.2, 0.25) is 5.91 Å². The first-order valence-corrected chi connectivity index (χ1v) is 9.86. The largest absolute Gasteiger partial charge is 0.354 e. The van der Waals surface area contributed by atoms with E-state index in [1.54, 1.807) is 18.3 Å². The summed E-state index contributed by atoms with van der Waals surface area (Å²) in [6.07, 6.45) is 5.38. The Balaban J connectivity index is 1.19. The number of carbonyl (C=O) groups excluding carboxylic acids is 1. The van der Waals surface area contributed by atoms with Crippen molar-refractivity contribution in [3.8, 4) is 0 Å². The summed E-state index contributed by atoms with van der Waals surface area (Å²) in [7, 11) is 0. The van der Waals surface area contributed by atoms with Gasteiger partial charge in [0.25, 0.3) is 5.56 Å². The minimum atomic E-state index is -0.246. The van der Waals surface area contributed by atoms with Crippen LogP contribution < -0.4 is 10.9 Å². The summed E-state index contributed by atoms with van der Waals surface area (Å²) in [4.78, 5) is 32.4. The highest BCUT2D eigenvalue weighted by atomic mass is 16.2. The number of aryl methyl sites for hydroxylation is 1. The molecule has 2 aromatic carbocycles. The molecule has 0 atom stereocenters. The Morgan fingerprint density at radius 2 is 1.86 bits per heavy atom. The highest BCUT2D eigenvalue weighted by molar-refractivity contribution is 5.81. The first kappa shape index (κ1) is 18.9. The summed E-state index contributed by atoms with van der Waals surface area (Å²) in [5.41, 5.74) is 1.81. The molecule has 0 spiro atoms. The van der Waals surface area contributed by atoms with Crippen LogP contribution >= 0.6 is 0 Å². The molecule has 2 heterocycles. The van der Waals surface area contributed by atoms with E-state index in [1.807, 2.05) is 36.4 Å². The first-order chi connectivity index (χ1) is 14.2. The summed E-state index contributed by atoms with van der Waals surface area (Å²) >= 11 is 0. The summed E-state index contributed by atoms with van der Waals surface area (Å²) in [5.74, 6) is 0.796. The Labute approximate surface area is 167 Å². The van der Waals surface area contributed by atoms with Gasteiger partial charge in [0.1, 0.15) is 12.4 Å². The summed E-state index contributed by atoms with van der Waals surface area (Å²) in [6.45, 7) is 0.518. The van der Waals surface area contributed by atoms with Gasteiger partial charge in [-0.1, -0.05) is 36.8 Å². The van der Waals surface area contributed by atoms with E-state index >= 15 is 0 Å². The molecular formula is C22H23N5O2. The molecule has 0 unspecified atom stereocenters. The number of fused-ring (bicyclic) bond motifs is 2. The van der Waals surface area contributed by atoms with Crippen molar-refractivity contribution in [3.05, 3.63) is 70.9 Å². The fourth-order valence-corrected chi connectivity index (χ4v) is 3.38. The van der Waals surface area contributed by atoms with E-state index in [0.29, 0.717) is 11.9 Å². The number of imidazole rings is 1. The fraction of sp³-hybridized carbons (Fsp3) is 0.273. The quantitative estimate of drug-likeness (QED) is 0.453. The number of rotatable bonds is 8. The molecule has 0 radical (unpaired) electrons. The molecule has 4 rings (SSSR count). The topological polar surface area (TPSA) is 92.7 Å². The van der Waals surface area contributed by atoms with E-state index < -0.39 is 0 Å². The van der Waals surface area contributed by atoms with Crippen LogP contribution in [-0.2, 0) is 17.8 Å². The molecule has 4 aromatic rings. The van der Waals surface area contributed by atoms with Crippen molar-refractivity contribution < 1.29 is 4.79 Å². The third-order valence-corrected chi connectivity index (χ3v) is 4.91. The minimum absolute atomic E-state index is 0.0668.